The topological polar surface area (TPSA) is 49.7 Å². The molecule has 0 heterocycles. The Morgan fingerprint density at radius 1 is 1.38 bits per heavy atom. The normalized spacial score (nSPS) is 38.4. The zero-order valence-electron chi connectivity index (χ0n) is 16.4. The first kappa shape index (κ1) is 19.7. The van der Waals surface area contributed by atoms with Gasteiger partial charge >= 0.3 is 0 Å². The fourth-order valence-corrected chi connectivity index (χ4v) is 4.87. The van der Waals surface area contributed by atoms with Crippen molar-refractivity contribution in [3.05, 3.63) is 23.8 Å². The molecular weight excluding hydrogens is 300 g/mol. The molecule has 138 valence electrons. The standard InChI is InChI=1S/C21H36O3/c1-8-20(5,23)12-13-21(6)14(2)17(22)18(24-7)16-15(21)10-9-11-19(16,3)4/h8,14,17-18,22-23H,1,9-13H2,2-7H3/t14-,17-,18+,20?,21-/m1/s1. The second-order valence-electron chi connectivity index (χ2n) is 9.04. The summed E-state index contributed by atoms with van der Waals surface area (Å²) < 4.78 is 5.77. The monoisotopic (exact) mass is 336 g/mol. The van der Waals surface area contributed by atoms with Crippen LogP contribution in [0.25, 0.3) is 0 Å². The van der Waals surface area contributed by atoms with E-state index in [0.717, 1.165) is 19.3 Å². The van der Waals surface area contributed by atoms with Crippen molar-refractivity contribution < 1.29 is 14.9 Å². The van der Waals surface area contributed by atoms with E-state index in [1.165, 1.54) is 17.6 Å². The van der Waals surface area contributed by atoms with Gasteiger partial charge in [-0.25, -0.2) is 0 Å². The molecule has 0 spiro atoms. The highest BCUT2D eigenvalue weighted by Crippen LogP contribution is 2.57. The molecule has 0 fully saturated rings. The van der Waals surface area contributed by atoms with Crippen molar-refractivity contribution in [2.75, 3.05) is 7.11 Å². The lowest BCUT2D eigenvalue weighted by Gasteiger charge is -2.54. The van der Waals surface area contributed by atoms with E-state index in [-0.39, 0.29) is 22.9 Å². The molecule has 0 saturated heterocycles. The van der Waals surface area contributed by atoms with Gasteiger partial charge < -0.3 is 14.9 Å². The zero-order chi connectivity index (χ0) is 18.3. The van der Waals surface area contributed by atoms with Crippen LogP contribution in [0.15, 0.2) is 23.8 Å². The van der Waals surface area contributed by atoms with E-state index in [4.69, 9.17) is 4.74 Å². The summed E-state index contributed by atoms with van der Waals surface area (Å²) in [6, 6.07) is 0. The summed E-state index contributed by atoms with van der Waals surface area (Å²) in [6.07, 6.45) is 5.78. The maximum Gasteiger partial charge on any atom is 0.105 e. The van der Waals surface area contributed by atoms with Crippen molar-refractivity contribution in [1.29, 1.82) is 0 Å². The largest absolute Gasteiger partial charge is 0.390 e. The predicted octanol–water partition coefficient (Wildman–Crippen LogP) is 4.24. The summed E-state index contributed by atoms with van der Waals surface area (Å²) in [4.78, 5) is 0. The highest BCUT2D eigenvalue weighted by Gasteiger charge is 2.52. The van der Waals surface area contributed by atoms with Gasteiger partial charge in [0.15, 0.2) is 0 Å². The van der Waals surface area contributed by atoms with Crippen molar-refractivity contribution in [3.8, 4) is 0 Å². The molecule has 2 aliphatic carbocycles. The van der Waals surface area contributed by atoms with Crippen LogP contribution < -0.4 is 0 Å². The summed E-state index contributed by atoms with van der Waals surface area (Å²) in [5, 5.41) is 21.4. The molecule has 2 rings (SSSR count). The van der Waals surface area contributed by atoms with Gasteiger partial charge in [0.05, 0.1) is 11.7 Å². The second-order valence-corrected chi connectivity index (χ2v) is 9.04. The summed E-state index contributed by atoms with van der Waals surface area (Å²) in [6.45, 7) is 14.5. The lowest BCUT2D eigenvalue weighted by atomic mass is 9.53. The van der Waals surface area contributed by atoms with Gasteiger partial charge in [-0.3, -0.25) is 0 Å². The SMILES string of the molecule is C=CC(C)(O)CC[C@@]1(C)C2=C([C@H](OC)[C@H](O)[C@H]1C)C(C)(C)CCC2. The molecular formula is C21H36O3. The van der Waals surface area contributed by atoms with E-state index in [0.29, 0.717) is 6.42 Å². The Labute approximate surface area is 147 Å². The number of allylic oxidation sites excluding steroid dienone is 1. The number of hydrogen-bond donors (Lipinski definition) is 2. The molecule has 24 heavy (non-hydrogen) atoms. The van der Waals surface area contributed by atoms with Gasteiger partial charge in [0.1, 0.15) is 6.10 Å². The third-order valence-electron chi connectivity index (χ3n) is 6.93. The number of hydrogen-bond acceptors (Lipinski definition) is 3. The lowest BCUT2D eigenvalue weighted by Crippen LogP contribution is -2.53. The average Bonchev–Trinajstić information content (AvgIpc) is 2.52. The molecule has 2 aliphatic rings. The zero-order valence-corrected chi connectivity index (χ0v) is 16.4. The Balaban J connectivity index is 2.51. The first-order chi connectivity index (χ1) is 11.0. The minimum Gasteiger partial charge on any atom is -0.390 e. The summed E-state index contributed by atoms with van der Waals surface area (Å²) >= 11 is 0. The van der Waals surface area contributed by atoms with Crippen LogP contribution in [-0.4, -0.2) is 35.1 Å². The van der Waals surface area contributed by atoms with Gasteiger partial charge in [-0.05, 0) is 61.3 Å². The molecule has 2 N–H and O–H groups in total. The van der Waals surface area contributed by atoms with E-state index < -0.39 is 11.7 Å². The van der Waals surface area contributed by atoms with Crippen LogP contribution in [0.5, 0.6) is 0 Å². The molecule has 0 bridgehead atoms. The van der Waals surface area contributed by atoms with Gasteiger partial charge in [-0.15, -0.1) is 6.58 Å². The van der Waals surface area contributed by atoms with Crippen LogP contribution in [0.4, 0.5) is 0 Å². The van der Waals surface area contributed by atoms with Crippen molar-refractivity contribution in [2.24, 2.45) is 16.7 Å². The summed E-state index contributed by atoms with van der Waals surface area (Å²) in [5.74, 6) is 0.0933. The van der Waals surface area contributed by atoms with Crippen molar-refractivity contribution in [1.82, 2.24) is 0 Å². The third-order valence-corrected chi connectivity index (χ3v) is 6.93. The molecule has 3 heteroatoms. The predicted molar refractivity (Wildman–Crippen MR) is 98.8 cm³/mol. The van der Waals surface area contributed by atoms with Crippen LogP contribution in [0.1, 0.15) is 66.7 Å². The average molecular weight is 337 g/mol. The van der Waals surface area contributed by atoms with Crippen LogP contribution in [0.2, 0.25) is 0 Å². The minimum atomic E-state index is -0.864. The molecule has 0 aromatic heterocycles. The second kappa shape index (κ2) is 6.59. The van der Waals surface area contributed by atoms with Gasteiger partial charge in [-0.2, -0.15) is 0 Å². The molecule has 5 atom stereocenters. The van der Waals surface area contributed by atoms with Gasteiger partial charge in [0.2, 0.25) is 0 Å². The van der Waals surface area contributed by atoms with E-state index in [2.05, 4.69) is 34.3 Å². The molecule has 0 amide bonds. The fourth-order valence-electron chi connectivity index (χ4n) is 4.87. The Morgan fingerprint density at radius 3 is 2.54 bits per heavy atom. The maximum absolute atomic E-state index is 11.0. The molecule has 0 radical (unpaired) electrons. The number of aliphatic hydroxyl groups is 2. The summed E-state index contributed by atoms with van der Waals surface area (Å²) in [7, 11) is 1.71. The smallest absolute Gasteiger partial charge is 0.105 e. The van der Waals surface area contributed by atoms with Crippen molar-refractivity contribution >= 4 is 0 Å². The Morgan fingerprint density at radius 2 is 2.00 bits per heavy atom. The van der Waals surface area contributed by atoms with Crippen LogP contribution in [0.3, 0.4) is 0 Å². The van der Waals surface area contributed by atoms with Gasteiger partial charge in [0, 0.05) is 7.11 Å². The third kappa shape index (κ3) is 3.23. The Kier molecular flexibility index (Phi) is 5.40. The minimum absolute atomic E-state index is 0.0532. The first-order valence-electron chi connectivity index (χ1n) is 9.31. The molecule has 0 aliphatic heterocycles. The first-order valence-corrected chi connectivity index (χ1v) is 9.31. The molecule has 0 aromatic carbocycles. The van der Waals surface area contributed by atoms with E-state index >= 15 is 0 Å². The molecule has 0 saturated carbocycles. The number of ether oxygens (including phenoxy) is 1. The molecule has 0 aromatic rings. The van der Waals surface area contributed by atoms with Crippen molar-refractivity contribution in [3.63, 3.8) is 0 Å². The Bertz CT molecular complexity index is 517. The fraction of sp³-hybridized carbons (Fsp3) is 0.810. The number of aliphatic hydroxyl groups excluding tert-OH is 1. The van der Waals surface area contributed by atoms with Crippen molar-refractivity contribution in [2.45, 2.75) is 84.5 Å². The lowest BCUT2D eigenvalue weighted by molar-refractivity contribution is -0.0761. The highest BCUT2D eigenvalue weighted by molar-refractivity contribution is 5.37. The number of methoxy groups -OCH3 is 1. The highest BCUT2D eigenvalue weighted by atomic mass is 16.5. The Hall–Kier alpha value is -0.640. The van der Waals surface area contributed by atoms with E-state index in [9.17, 15) is 10.2 Å². The molecule has 3 nitrogen and oxygen atoms in total. The molecule has 1 unspecified atom stereocenters. The summed E-state index contributed by atoms with van der Waals surface area (Å²) in [5.41, 5.74) is 1.84. The maximum atomic E-state index is 11.0. The van der Waals surface area contributed by atoms with E-state index in [1.807, 2.05) is 6.92 Å². The van der Waals surface area contributed by atoms with Gasteiger partial charge in [-0.1, -0.05) is 39.3 Å². The van der Waals surface area contributed by atoms with E-state index in [1.54, 1.807) is 13.2 Å². The van der Waals surface area contributed by atoms with Gasteiger partial charge in [0.25, 0.3) is 0 Å². The van der Waals surface area contributed by atoms with Crippen LogP contribution >= 0.6 is 0 Å². The van der Waals surface area contributed by atoms with Crippen LogP contribution in [-0.2, 0) is 4.74 Å². The van der Waals surface area contributed by atoms with Crippen LogP contribution in [0, 0.1) is 16.7 Å². The number of rotatable bonds is 5. The quantitative estimate of drug-likeness (QED) is 0.738.